The van der Waals surface area contributed by atoms with E-state index in [2.05, 4.69) is 173 Å². The van der Waals surface area contributed by atoms with Crippen molar-refractivity contribution in [1.82, 2.24) is 9.13 Å². The second kappa shape index (κ2) is 10.3. The highest BCUT2D eigenvalue weighted by Crippen LogP contribution is 2.45. The molecule has 12 aromatic rings. The Balaban J connectivity index is 1.04. The second-order valence-corrected chi connectivity index (χ2v) is 14.9. The van der Waals surface area contributed by atoms with E-state index in [9.17, 15) is 0 Å². The molecule has 9 aromatic carbocycles. The molecule has 13 rings (SSSR count). The van der Waals surface area contributed by atoms with Crippen molar-refractivity contribution in [3.63, 3.8) is 0 Å². The summed E-state index contributed by atoms with van der Waals surface area (Å²) < 4.78 is 11.2. The van der Waals surface area contributed by atoms with Crippen LogP contribution in [0.25, 0.3) is 110 Å². The first-order valence-electron chi connectivity index (χ1n) is 18.7. The summed E-state index contributed by atoms with van der Waals surface area (Å²) in [5.41, 5.74) is 14.5. The number of para-hydroxylation sites is 3. The highest BCUT2D eigenvalue weighted by Gasteiger charge is 2.23. The van der Waals surface area contributed by atoms with Gasteiger partial charge in [-0.15, -0.1) is 0 Å². The highest BCUT2D eigenvalue weighted by atomic mass is 16.3. The number of hydrogen-bond donors (Lipinski definition) is 0. The summed E-state index contributed by atoms with van der Waals surface area (Å²) >= 11 is 0. The molecular formula is C51H30N2O. The number of nitrogens with zero attached hydrogens (tertiary/aromatic N) is 2. The lowest BCUT2D eigenvalue weighted by atomic mass is 9.96. The fourth-order valence-electron chi connectivity index (χ4n) is 9.74. The van der Waals surface area contributed by atoms with Gasteiger partial charge < -0.3 is 13.6 Å². The molecule has 0 atom stereocenters. The van der Waals surface area contributed by atoms with Crippen LogP contribution >= 0.6 is 0 Å². The van der Waals surface area contributed by atoms with Crippen LogP contribution in [0, 0.1) is 0 Å². The first-order valence-corrected chi connectivity index (χ1v) is 18.7. The fourth-order valence-corrected chi connectivity index (χ4v) is 9.74. The van der Waals surface area contributed by atoms with Crippen molar-refractivity contribution < 1.29 is 4.42 Å². The van der Waals surface area contributed by atoms with E-state index in [0.717, 1.165) is 34.3 Å². The van der Waals surface area contributed by atoms with Crippen LogP contribution in [-0.4, -0.2) is 9.13 Å². The molecule has 0 unspecified atom stereocenters. The van der Waals surface area contributed by atoms with Crippen LogP contribution in [0.15, 0.2) is 174 Å². The van der Waals surface area contributed by atoms with Gasteiger partial charge in [-0.1, -0.05) is 97.1 Å². The number of rotatable bonds is 2. The summed E-state index contributed by atoms with van der Waals surface area (Å²) in [5, 5.41) is 12.4. The Morgan fingerprint density at radius 1 is 0.370 bits per heavy atom. The van der Waals surface area contributed by atoms with Crippen molar-refractivity contribution in [2.24, 2.45) is 0 Å². The van der Waals surface area contributed by atoms with Crippen molar-refractivity contribution in [1.29, 1.82) is 0 Å². The summed E-state index contributed by atoms with van der Waals surface area (Å²) in [6.45, 7) is 0. The lowest BCUT2D eigenvalue weighted by Gasteiger charge is -2.13. The normalized spacial score (nSPS) is 12.7. The third kappa shape index (κ3) is 3.70. The van der Waals surface area contributed by atoms with E-state index in [1.807, 2.05) is 6.07 Å². The molecule has 1 aliphatic rings. The van der Waals surface area contributed by atoms with Gasteiger partial charge in [-0.05, 0) is 123 Å². The van der Waals surface area contributed by atoms with Gasteiger partial charge in [-0.2, -0.15) is 0 Å². The van der Waals surface area contributed by atoms with Gasteiger partial charge in [0, 0.05) is 43.7 Å². The molecule has 0 bridgehead atoms. The van der Waals surface area contributed by atoms with Crippen LogP contribution in [0.2, 0.25) is 0 Å². The van der Waals surface area contributed by atoms with E-state index >= 15 is 0 Å². The summed E-state index contributed by atoms with van der Waals surface area (Å²) in [7, 11) is 0. The van der Waals surface area contributed by atoms with Gasteiger partial charge in [-0.3, -0.25) is 0 Å². The average molecular weight is 687 g/mol. The van der Waals surface area contributed by atoms with Crippen molar-refractivity contribution in [3.05, 3.63) is 181 Å². The van der Waals surface area contributed by atoms with Crippen LogP contribution < -0.4 is 0 Å². The largest absolute Gasteiger partial charge is 0.456 e. The molecule has 3 heteroatoms. The first-order chi connectivity index (χ1) is 26.8. The minimum absolute atomic E-state index is 0.920. The van der Waals surface area contributed by atoms with E-state index in [1.54, 1.807) is 0 Å². The second-order valence-electron chi connectivity index (χ2n) is 14.9. The van der Waals surface area contributed by atoms with Crippen molar-refractivity contribution >= 4 is 87.1 Å². The molecular weight excluding hydrogens is 657 g/mol. The highest BCUT2D eigenvalue weighted by molar-refractivity contribution is 6.23. The number of hydrogen-bond acceptors (Lipinski definition) is 1. The van der Waals surface area contributed by atoms with Crippen molar-refractivity contribution in [3.8, 4) is 22.5 Å². The molecule has 1 aliphatic carbocycles. The zero-order chi connectivity index (χ0) is 35.1. The monoisotopic (exact) mass is 686 g/mol. The Kier molecular flexibility index (Phi) is 5.42. The smallest absolute Gasteiger partial charge is 0.136 e. The molecule has 0 radical (unpaired) electrons. The summed E-state index contributed by atoms with van der Waals surface area (Å²) in [6, 6.07) is 62.6. The molecule has 0 saturated heterocycles. The molecule has 0 aliphatic heterocycles. The Hall–Kier alpha value is -7.10. The van der Waals surface area contributed by atoms with Crippen molar-refractivity contribution in [2.45, 2.75) is 6.42 Å². The minimum Gasteiger partial charge on any atom is -0.456 e. The van der Waals surface area contributed by atoms with E-state index in [4.69, 9.17) is 4.42 Å². The van der Waals surface area contributed by atoms with E-state index in [0.29, 0.717) is 0 Å². The van der Waals surface area contributed by atoms with Gasteiger partial charge in [0.25, 0.3) is 0 Å². The Bertz CT molecular complexity index is 3580. The molecule has 3 nitrogen and oxygen atoms in total. The van der Waals surface area contributed by atoms with Gasteiger partial charge in [0.15, 0.2) is 0 Å². The third-order valence-corrected chi connectivity index (χ3v) is 12.1. The molecule has 3 aromatic heterocycles. The van der Waals surface area contributed by atoms with Gasteiger partial charge >= 0.3 is 0 Å². The standard InChI is InChI=1S/C51H30N2O/c1-2-10-36-30(9-1)25-33-18-17-31-26-42-37-11-3-6-14-44(37)52(46(42)28-40(31)50(33)36)34-20-22-35(23-21-34)53-45-15-7-4-12-38(45)43-27-32-19-24-49-51(41(32)29-47(43)53)39-13-5-8-16-48(39)54-49/h1-24,26-29H,25H2. The Labute approximate surface area is 309 Å². The van der Waals surface area contributed by atoms with E-state index in [1.165, 1.54) is 92.8 Å². The topological polar surface area (TPSA) is 23.0 Å². The zero-order valence-electron chi connectivity index (χ0n) is 29.2. The number of furan rings is 1. The lowest BCUT2D eigenvalue weighted by molar-refractivity contribution is 0.669. The average Bonchev–Trinajstić information content (AvgIpc) is 3.97. The SMILES string of the molecule is c1ccc2c(c1)Cc1ccc3cc4c5ccccc5n(-c5ccc(-n6c7ccccc7c7cc8ccc9oc%10ccccc%10c9c8cc76)cc5)c4cc3c1-2. The third-order valence-electron chi connectivity index (χ3n) is 12.1. The van der Waals surface area contributed by atoms with Gasteiger partial charge in [0.2, 0.25) is 0 Å². The molecule has 3 heterocycles. The first kappa shape index (κ1) is 28.5. The molecule has 0 saturated carbocycles. The van der Waals surface area contributed by atoms with Crippen LogP contribution in [0.1, 0.15) is 11.1 Å². The number of benzene rings is 9. The Morgan fingerprint density at radius 2 is 0.944 bits per heavy atom. The predicted octanol–water partition coefficient (Wildman–Crippen LogP) is 13.7. The molecule has 250 valence electrons. The maximum Gasteiger partial charge on any atom is 0.136 e. The molecule has 0 fully saturated rings. The molecule has 54 heavy (non-hydrogen) atoms. The van der Waals surface area contributed by atoms with Gasteiger partial charge in [0.05, 0.1) is 22.1 Å². The Morgan fingerprint density at radius 3 is 1.67 bits per heavy atom. The van der Waals surface area contributed by atoms with E-state index in [-0.39, 0.29) is 0 Å². The van der Waals surface area contributed by atoms with Crippen LogP contribution in [0.4, 0.5) is 0 Å². The van der Waals surface area contributed by atoms with Crippen molar-refractivity contribution in [2.75, 3.05) is 0 Å². The predicted molar refractivity (Wildman–Crippen MR) is 226 cm³/mol. The summed E-state index contributed by atoms with van der Waals surface area (Å²) in [6.07, 6.45) is 0.992. The number of aromatic nitrogens is 2. The van der Waals surface area contributed by atoms with Crippen LogP contribution in [0.3, 0.4) is 0 Å². The van der Waals surface area contributed by atoms with Crippen LogP contribution in [0.5, 0.6) is 0 Å². The van der Waals surface area contributed by atoms with Crippen LogP contribution in [-0.2, 0) is 6.42 Å². The molecule has 0 spiro atoms. The zero-order valence-corrected chi connectivity index (χ0v) is 29.2. The van der Waals surface area contributed by atoms with E-state index < -0.39 is 0 Å². The van der Waals surface area contributed by atoms with Gasteiger partial charge in [0.1, 0.15) is 11.2 Å². The fraction of sp³-hybridized carbons (Fsp3) is 0.0196. The maximum atomic E-state index is 6.31. The summed E-state index contributed by atoms with van der Waals surface area (Å²) in [5.74, 6) is 0. The lowest BCUT2D eigenvalue weighted by Crippen LogP contribution is -1.97. The maximum absolute atomic E-state index is 6.31. The van der Waals surface area contributed by atoms with Gasteiger partial charge in [-0.25, -0.2) is 0 Å². The quantitative estimate of drug-likeness (QED) is 0.177. The molecule has 0 N–H and O–H groups in total. The summed E-state index contributed by atoms with van der Waals surface area (Å²) in [4.78, 5) is 0. The molecule has 0 amide bonds. The number of fused-ring (bicyclic) bond motifs is 16. The minimum atomic E-state index is 0.920.